The average molecular weight is 421 g/mol. The van der Waals surface area contributed by atoms with Crippen LogP contribution in [0.3, 0.4) is 0 Å². The van der Waals surface area contributed by atoms with Gasteiger partial charge in [0.2, 0.25) is 0 Å². The normalized spacial score (nSPS) is 31.8. The highest BCUT2D eigenvalue weighted by Crippen LogP contribution is 2.61. The lowest BCUT2D eigenvalue weighted by Gasteiger charge is -2.56. The van der Waals surface area contributed by atoms with Gasteiger partial charge < -0.3 is 16.2 Å². The first-order chi connectivity index (χ1) is 14.1. The second-order valence-corrected chi connectivity index (χ2v) is 9.24. The lowest BCUT2D eigenvalue weighted by molar-refractivity contribution is -0.171. The maximum Gasteiger partial charge on any atom is 0.334 e. The van der Waals surface area contributed by atoms with Crippen LogP contribution < -0.4 is 11.5 Å². The summed E-state index contributed by atoms with van der Waals surface area (Å²) in [7, 11) is 1.41. The van der Waals surface area contributed by atoms with E-state index in [-0.39, 0.29) is 35.4 Å². The first kappa shape index (κ1) is 22.1. The third-order valence-electron chi connectivity index (χ3n) is 6.94. The van der Waals surface area contributed by atoms with E-state index in [0.29, 0.717) is 19.3 Å². The van der Waals surface area contributed by atoms with E-state index in [2.05, 4.69) is 0 Å². The van der Waals surface area contributed by atoms with Crippen LogP contribution in [0.5, 0.6) is 0 Å². The smallest absolute Gasteiger partial charge is 0.334 e. The number of unbranched alkanes of at least 4 members (excludes halogenated alkanes) is 1. The number of urea groups is 1. The van der Waals surface area contributed by atoms with Crippen molar-refractivity contribution in [2.24, 2.45) is 22.3 Å². The zero-order valence-corrected chi connectivity index (χ0v) is 18.0. The van der Waals surface area contributed by atoms with Crippen molar-refractivity contribution >= 4 is 23.8 Å². The molecule has 3 aliphatic rings. The van der Waals surface area contributed by atoms with Gasteiger partial charge >= 0.3 is 12.0 Å². The highest BCUT2D eigenvalue weighted by atomic mass is 16.5. The molecular formula is C21H32N4O5. The second-order valence-electron chi connectivity index (χ2n) is 9.24. The van der Waals surface area contributed by atoms with Gasteiger partial charge in [-0.05, 0) is 57.3 Å². The molecule has 1 spiro atoms. The maximum atomic E-state index is 13.0. The van der Waals surface area contributed by atoms with E-state index < -0.39 is 23.3 Å². The number of ether oxygens (including phenoxy) is 1. The van der Waals surface area contributed by atoms with Gasteiger partial charge in [-0.2, -0.15) is 0 Å². The van der Waals surface area contributed by atoms with Crippen LogP contribution in [0.1, 0.15) is 65.2 Å². The summed E-state index contributed by atoms with van der Waals surface area (Å²) < 4.78 is 4.92. The third kappa shape index (κ3) is 3.54. The van der Waals surface area contributed by atoms with Crippen molar-refractivity contribution in [3.8, 4) is 0 Å². The average Bonchev–Trinajstić information content (AvgIpc) is 2.67. The summed E-state index contributed by atoms with van der Waals surface area (Å²) in [6, 6.07) is -0.899. The van der Waals surface area contributed by atoms with Crippen LogP contribution >= 0.6 is 0 Å². The number of rotatable bonds is 5. The van der Waals surface area contributed by atoms with Crippen LogP contribution in [0.25, 0.3) is 0 Å². The van der Waals surface area contributed by atoms with Gasteiger partial charge in [0.15, 0.2) is 0 Å². The molecule has 2 aliphatic carbocycles. The summed E-state index contributed by atoms with van der Waals surface area (Å²) in [5.74, 6) is -1.96. The minimum atomic E-state index is -0.713. The Morgan fingerprint density at radius 2 is 1.73 bits per heavy atom. The molecule has 9 nitrogen and oxygen atoms in total. The summed E-state index contributed by atoms with van der Waals surface area (Å²) in [4.78, 5) is 52.9. The summed E-state index contributed by atoms with van der Waals surface area (Å²) in [6.45, 7) is 4.10. The van der Waals surface area contributed by atoms with Crippen LogP contribution in [-0.4, -0.2) is 53.3 Å². The molecule has 3 rings (SSSR count). The summed E-state index contributed by atoms with van der Waals surface area (Å²) >= 11 is 0. The molecule has 0 radical (unpaired) electrons. The lowest BCUT2D eigenvalue weighted by Crippen LogP contribution is -2.62. The van der Waals surface area contributed by atoms with E-state index in [1.807, 2.05) is 13.8 Å². The molecule has 4 N–H and O–H groups in total. The Balaban J connectivity index is 1.75. The Bertz CT molecular complexity index is 785. The number of imide groups is 2. The topological polar surface area (TPSA) is 136 Å². The Hall–Kier alpha value is -2.58. The first-order valence-electron chi connectivity index (χ1n) is 10.6. The van der Waals surface area contributed by atoms with Gasteiger partial charge in [0, 0.05) is 12.6 Å². The van der Waals surface area contributed by atoms with Crippen LogP contribution in [-0.2, 0) is 19.1 Å². The highest BCUT2D eigenvalue weighted by Gasteiger charge is 2.58. The monoisotopic (exact) mass is 420 g/mol. The van der Waals surface area contributed by atoms with Gasteiger partial charge in [0.25, 0.3) is 11.8 Å². The van der Waals surface area contributed by atoms with Crippen molar-refractivity contribution in [3.63, 3.8) is 0 Å². The van der Waals surface area contributed by atoms with E-state index in [1.165, 1.54) is 12.0 Å². The number of carbonyl (C=O) groups excluding carboxylic acids is 4. The second kappa shape index (κ2) is 7.92. The minimum Gasteiger partial charge on any atom is -0.469 e. The quantitative estimate of drug-likeness (QED) is 0.392. The fourth-order valence-electron chi connectivity index (χ4n) is 5.55. The Kier molecular flexibility index (Phi) is 5.84. The van der Waals surface area contributed by atoms with Gasteiger partial charge in [-0.3, -0.25) is 24.2 Å². The van der Waals surface area contributed by atoms with Crippen molar-refractivity contribution in [2.45, 2.75) is 71.3 Å². The van der Waals surface area contributed by atoms with Crippen LogP contribution in [0.15, 0.2) is 11.4 Å². The Labute approximate surface area is 176 Å². The number of hydrogen-bond acceptors (Lipinski definition) is 7. The van der Waals surface area contributed by atoms with Crippen molar-refractivity contribution in [1.82, 2.24) is 9.80 Å². The van der Waals surface area contributed by atoms with E-state index in [0.717, 1.165) is 37.0 Å². The molecule has 1 aliphatic heterocycles. The molecule has 4 amide bonds. The number of nitrogens with zero attached hydrogens (tertiary/aromatic N) is 2. The van der Waals surface area contributed by atoms with E-state index in [4.69, 9.17) is 16.2 Å². The molecule has 2 saturated carbocycles. The number of amides is 4. The van der Waals surface area contributed by atoms with Crippen LogP contribution in [0, 0.1) is 10.8 Å². The number of barbiturate groups is 1. The highest BCUT2D eigenvalue weighted by molar-refractivity contribution is 6.29. The van der Waals surface area contributed by atoms with Gasteiger partial charge in [-0.1, -0.05) is 13.3 Å². The zero-order valence-electron chi connectivity index (χ0n) is 18.0. The molecule has 1 heterocycles. The maximum absolute atomic E-state index is 13.0. The summed E-state index contributed by atoms with van der Waals surface area (Å²) in [5, 5.41) is 0. The SMILES string of the molecule is CCCCN1C(=O)C(=C(N)N)C(=O)N(C2CCC3(CC2)CC(C)(C(=O)OC)C3)C1=O. The fraction of sp³-hybridized carbons (Fsp3) is 0.714. The minimum absolute atomic E-state index is 0.0462. The standard InChI is InChI=1S/C21H32N4O5/c1-4-5-10-24-16(26)14(15(22)23)17(27)25(19(24)29)13-6-8-21(9-7-13)11-20(2,12-21)18(28)30-3/h13H,4-12,22-23H2,1-3H3. The molecule has 0 unspecified atom stereocenters. The van der Waals surface area contributed by atoms with Gasteiger partial charge in [0.05, 0.1) is 12.5 Å². The van der Waals surface area contributed by atoms with Crippen molar-refractivity contribution in [3.05, 3.63) is 11.4 Å². The fourth-order valence-corrected chi connectivity index (χ4v) is 5.55. The number of carbonyl (C=O) groups is 4. The number of hydrogen-bond donors (Lipinski definition) is 2. The zero-order chi connectivity index (χ0) is 22.3. The predicted octanol–water partition coefficient (Wildman–Crippen LogP) is 1.61. The van der Waals surface area contributed by atoms with Gasteiger partial charge in [-0.15, -0.1) is 0 Å². The lowest BCUT2D eigenvalue weighted by atomic mass is 9.49. The molecule has 166 valence electrons. The van der Waals surface area contributed by atoms with E-state index in [9.17, 15) is 19.2 Å². The molecule has 3 fully saturated rings. The van der Waals surface area contributed by atoms with Crippen molar-refractivity contribution in [1.29, 1.82) is 0 Å². The first-order valence-corrected chi connectivity index (χ1v) is 10.6. The number of esters is 1. The molecule has 30 heavy (non-hydrogen) atoms. The molecule has 0 bridgehead atoms. The van der Waals surface area contributed by atoms with Gasteiger partial charge in [0.1, 0.15) is 11.4 Å². The Morgan fingerprint density at radius 1 is 1.13 bits per heavy atom. The largest absolute Gasteiger partial charge is 0.469 e. The van der Waals surface area contributed by atoms with Crippen molar-refractivity contribution < 1.29 is 23.9 Å². The predicted molar refractivity (Wildman–Crippen MR) is 108 cm³/mol. The molecule has 0 aromatic rings. The van der Waals surface area contributed by atoms with E-state index >= 15 is 0 Å². The molecule has 0 aromatic heterocycles. The summed E-state index contributed by atoms with van der Waals surface area (Å²) in [5.41, 5.74) is 10.5. The van der Waals surface area contributed by atoms with Gasteiger partial charge in [-0.25, -0.2) is 4.79 Å². The number of nitrogens with two attached hydrogens (primary N) is 2. The molecular weight excluding hydrogens is 388 g/mol. The van der Waals surface area contributed by atoms with E-state index in [1.54, 1.807) is 0 Å². The summed E-state index contributed by atoms with van der Waals surface area (Å²) in [6.07, 6.45) is 5.81. The van der Waals surface area contributed by atoms with Crippen molar-refractivity contribution in [2.75, 3.05) is 13.7 Å². The molecule has 9 heteroatoms. The van der Waals surface area contributed by atoms with Crippen LogP contribution in [0.4, 0.5) is 4.79 Å². The number of methoxy groups -OCH3 is 1. The van der Waals surface area contributed by atoms with Crippen LogP contribution in [0.2, 0.25) is 0 Å². The molecule has 0 aromatic carbocycles. The Morgan fingerprint density at radius 3 is 2.23 bits per heavy atom. The molecule has 1 saturated heterocycles. The molecule has 0 atom stereocenters. The third-order valence-corrected chi connectivity index (χ3v) is 6.94.